The second-order valence-corrected chi connectivity index (χ2v) is 10.7. The number of aryl methyl sites for hydroxylation is 1. The first-order valence-corrected chi connectivity index (χ1v) is 11.6. The van der Waals surface area contributed by atoms with Crippen molar-refractivity contribution in [2.75, 3.05) is 12.0 Å². The standard InChI is InChI=1S/C24H35N3O4S/c1-9-10-11-16-15-26(23(2,3)4)32-21(16)25-20(28)18-14-17(12-13-19(18)31-8)27(22(29)30)24(5,6)7/h12-15H,9-11H2,1-8H3,(H,29,30)/b25-21-. The Morgan fingerprint density at radius 3 is 2.34 bits per heavy atom. The molecule has 0 unspecified atom stereocenters. The molecule has 0 bridgehead atoms. The summed E-state index contributed by atoms with van der Waals surface area (Å²) in [7, 11) is 1.48. The number of methoxy groups -OCH3 is 1. The summed E-state index contributed by atoms with van der Waals surface area (Å²) in [5, 5.41) is 9.74. The van der Waals surface area contributed by atoms with Gasteiger partial charge in [0.25, 0.3) is 5.91 Å². The smallest absolute Gasteiger partial charge is 0.412 e. The third-order valence-corrected chi connectivity index (χ3v) is 6.31. The van der Waals surface area contributed by atoms with Crippen LogP contribution in [0.25, 0.3) is 0 Å². The number of carbonyl (C=O) groups is 2. The third kappa shape index (κ3) is 6.00. The number of hydrogen-bond acceptors (Lipinski definition) is 4. The largest absolute Gasteiger partial charge is 0.496 e. The molecule has 7 nitrogen and oxygen atoms in total. The molecule has 176 valence electrons. The van der Waals surface area contributed by atoms with Gasteiger partial charge < -0.3 is 9.84 Å². The van der Waals surface area contributed by atoms with Crippen LogP contribution in [-0.4, -0.2) is 33.7 Å². The highest BCUT2D eigenvalue weighted by atomic mass is 32.1. The minimum absolute atomic E-state index is 0.116. The molecule has 0 aliphatic heterocycles. The molecule has 32 heavy (non-hydrogen) atoms. The van der Waals surface area contributed by atoms with E-state index in [2.05, 4.69) is 42.8 Å². The number of carbonyl (C=O) groups excluding carboxylic acids is 1. The molecule has 2 aromatic rings. The van der Waals surface area contributed by atoms with Gasteiger partial charge in [-0.15, -0.1) is 0 Å². The molecule has 0 radical (unpaired) electrons. The Bertz CT molecular complexity index is 1040. The van der Waals surface area contributed by atoms with Crippen LogP contribution in [0.4, 0.5) is 10.5 Å². The Balaban J connectivity index is 2.61. The molecule has 1 heterocycles. The van der Waals surface area contributed by atoms with Crippen molar-refractivity contribution in [1.29, 1.82) is 0 Å². The molecule has 0 aliphatic carbocycles. The Hall–Kier alpha value is -2.61. The van der Waals surface area contributed by atoms with Crippen molar-refractivity contribution in [3.63, 3.8) is 0 Å². The first-order chi connectivity index (χ1) is 14.8. The molecule has 2 amide bonds. The zero-order valence-electron chi connectivity index (χ0n) is 20.4. The van der Waals surface area contributed by atoms with E-state index < -0.39 is 17.5 Å². The molecular formula is C24H35N3O4S. The first kappa shape index (κ1) is 25.6. The average molecular weight is 462 g/mol. The van der Waals surface area contributed by atoms with Gasteiger partial charge in [-0.2, -0.15) is 4.99 Å². The molecule has 0 aliphatic rings. The number of nitrogens with zero attached hydrogens (tertiary/aromatic N) is 3. The zero-order chi connectivity index (χ0) is 24.3. The fourth-order valence-electron chi connectivity index (χ4n) is 3.28. The van der Waals surface area contributed by atoms with E-state index >= 15 is 0 Å². The quantitative estimate of drug-likeness (QED) is 0.600. The van der Waals surface area contributed by atoms with Crippen LogP contribution in [-0.2, 0) is 12.0 Å². The van der Waals surface area contributed by atoms with E-state index in [1.807, 2.05) is 0 Å². The summed E-state index contributed by atoms with van der Waals surface area (Å²) < 4.78 is 8.18. The maximum Gasteiger partial charge on any atom is 0.412 e. The van der Waals surface area contributed by atoms with Crippen molar-refractivity contribution in [2.45, 2.75) is 78.8 Å². The van der Waals surface area contributed by atoms with Crippen LogP contribution < -0.4 is 14.3 Å². The van der Waals surface area contributed by atoms with Crippen LogP contribution in [0.15, 0.2) is 29.4 Å². The second-order valence-electron chi connectivity index (χ2n) is 9.74. The maximum atomic E-state index is 13.3. The number of ether oxygens (including phenoxy) is 1. The summed E-state index contributed by atoms with van der Waals surface area (Å²) in [5.74, 6) is -0.0966. The minimum Gasteiger partial charge on any atom is -0.496 e. The zero-order valence-corrected chi connectivity index (χ0v) is 21.2. The SMILES string of the molecule is CCCCc1cn(C(C)(C)C)s/c1=N\C(=O)c1cc(N(C(=O)O)C(C)(C)C)ccc1OC. The van der Waals surface area contributed by atoms with Gasteiger partial charge >= 0.3 is 6.09 Å². The highest BCUT2D eigenvalue weighted by Crippen LogP contribution is 2.30. The molecular weight excluding hydrogens is 426 g/mol. The summed E-state index contributed by atoms with van der Waals surface area (Å²) in [4.78, 5) is 30.8. The van der Waals surface area contributed by atoms with Crippen molar-refractivity contribution >= 4 is 29.2 Å². The Morgan fingerprint density at radius 2 is 1.84 bits per heavy atom. The lowest BCUT2D eigenvalue weighted by Crippen LogP contribution is -2.45. The summed E-state index contributed by atoms with van der Waals surface area (Å²) in [6.45, 7) is 13.9. The van der Waals surface area contributed by atoms with Crippen LogP contribution in [0.2, 0.25) is 0 Å². The number of unbranched alkanes of at least 4 members (excludes halogenated alkanes) is 1. The number of benzene rings is 1. The van der Waals surface area contributed by atoms with Gasteiger partial charge in [0.1, 0.15) is 10.4 Å². The molecule has 0 fully saturated rings. The maximum absolute atomic E-state index is 13.3. The van der Waals surface area contributed by atoms with Crippen molar-refractivity contribution in [1.82, 2.24) is 3.96 Å². The van der Waals surface area contributed by atoms with E-state index in [9.17, 15) is 14.7 Å². The highest BCUT2D eigenvalue weighted by Gasteiger charge is 2.29. The summed E-state index contributed by atoms with van der Waals surface area (Å²) in [6, 6.07) is 4.79. The molecule has 0 spiro atoms. The number of anilines is 1. The Morgan fingerprint density at radius 1 is 1.19 bits per heavy atom. The monoisotopic (exact) mass is 461 g/mol. The molecule has 1 N–H and O–H groups in total. The minimum atomic E-state index is -1.09. The molecule has 1 aromatic heterocycles. The number of carboxylic acid groups (broad SMARTS) is 1. The van der Waals surface area contributed by atoms with Crippen molar-refractivity contribution in [2.24, 2.45) is 4.99 Å². The van der Waals surface area contributed by atoms with Gasteiger partial charge in [0.05, 0.1) is 12.7 Å². The van der Waals surface area contributed by atoms with E-state index in [4.69, 9.17) is 4.74 Å². The fourth-order valence-corrected chi connectivity index (χ4v) is 4.31. The van der Waals surface area contributed by atoms with Gasteiger partial charge in [0.2, 0.25) is 0 Å². The van der Waals surface area contributed by atoms with E-state index in [1.165, 1.54) is 23.5 Å². The number of hydrogen-bond donors (Lipinski definition) is 1. The molecule has 2 rings (SSSR count). The number of rotatable bonds is 6. The van der Waals surface area contributed by atoms with Crippen LogP contribution in [0.5, 0.6) is 5.75 Å². The van der Waals surface area contributed by atoms with Crippen LogP contribution in [0.3, 0.4) is 0 Å². The Kier molecular flexibility index (Phi) is 7.93. The average Bonchev–Trinajstić information content (AvgIpc) is 3.07. The van der Waals surface area contributed by atoms with Crippen LogP contribution in [0, 0.1) is 0 Å². The molecule has 0 saturated carbocycles. The van der Waals surface area contributed by atoms with E-state index in [0.29, 0.717) is 16.1 Å². The topological polar surface area (TPSA) is 84.1 Å². The summed E-state index contributed by atoms with van der Waals surface area (Å²) in [6.07, 6.45) is 3.88. The van der Waals surface area contributed by atoms with Gasteiger partial charge in [-0.3, -0.25) is 13.7 Å². The van der Waals surface area contributed by atoms with Gasteiger partial charge in [-0.05, 0) is 84.1 Å². The lowest BCUT2D eigenvalue weighted by atomic mass is 10.0. The van der Waals surface area contributed by atoms with E-state index in [0.717, 1.165) is 24.8 Å². The molecule has 0 atom stereocenters. The lowest BCUT2D eigenvalue weighted by molar-refractivity contribution is 0.0995. The first-order valence-electron chi connectivity index (χ1n) is 10.8. The fraction of sp³-hybridized carbons (Fsp3) is 0.542. The van der Waals surface area contributed by atoms with Crippen molar-refractivity contribution < 1.29 is 19.4 Å². The Labute approximate surface area is 194 Å². The number of amides is 2. The predicted octanol–water partition coefficient (Wildman–Crippen LogP) is 5.68. The van der Waals surface area contributed by atoms with Crippen molar-refractivity contribution in [3.8, 4) is 5.75 Å². The predicted molar refractivity (Wildman–Crippen MR) is 129 cm³/mol. The second kappa shape index (κ2) is 9.90. The number of aromatic nitrogens is 1. The molecule has 0 saturated heterocycles. The van der Waals surface area contributed by atoms with E-state index in [-0.39, 0.29) is 11.1 Å². The summed E-state index contributed by atoms with van der Waals surface area (Å²) >= 11 is 1.46. The van der Waals surface area contributed by atoms with Crippen molar-refractivity contribution in [3.05, 3.63) is 40.2 Å². The van der Waals surface area contributed by atoms with Gasteiger partial charge in [0.15, 0.2) is 0 Å². The molecule has 8 heteroatoms. The summed E-state index contributed by atoms with van der Waals surface area (Å²) in [5.41, 5.74) is 0.868. The van der Waals surface area contributed by atoms with Crippen LogP contribution in [0.1, 0.15) is 77.2 Å². The van der Waals surface area contributed by atoms with Gasteiger partial charge in [-0.25, -0.2) is 4.79 Å². The third-order valence-electron chi connectivity index (χ3n) is 4.93. The van der Waals surface area contributed by atoms with Gasteiger partial charge in [-0.1, -0.05) is 13.3 Å². The van der Waals surface area contributed by atoms with Crippen LogP contribution >= 0.6 is 11.5 Å². The molecule has 1 aromatic carbocycles. The normalized spacial score (nSPS) is 12.7. The van der Waals surface area contributed by atoms with Gasteiger partial charge in [0, 0.05) is 28.5 Å². The highest BCUT2D eigenvalue weighted by molar-refractivity contribution is 7.04. The van der Waals surface area contributed by atoms with E-state index in [1.54, 1.807) is 39.0 Å². The lowest BCUT2D eigenvalue weighted by Gasteiger charge is -2.33.